The van der Waals surface area contributed by atoms with Gasteiger partial charge in [-0.2, -0.15) is 0 Å². The van der Waals surface area contributed by atoms with E-state index in [-0.39, 0.29) is 23.8 Å². The lowest BCUT2D eigenvalue weighted by Gasteiger charge is -2.27. The lowest BCUT2D eigenvalue weighted by molar-refractivity contribution is 0.0720. The molecule has 2 aliphatic rings. The van der Waals surface area contributed by atoms with Gasteiger partial charge in [0.1, 0.15) is 5.01 Å². The minimum absolute atomic E-state index is 0.0412. The van der Waals surface area contributed by atoms with Gasteiger partial charge in [-0.25, -0.2) is 9.97 Å². The molecular formula is C20H23N5O3S. The third-order valence-corrected chi connectivity index (χ3v) is 7.01. The number of aromatic nitrogens is 3. The summed E-state index contributed by atoms with van der Waals surface area (Å²) in [6, 6.07) is 1.81. The van der Waals surface area contributed by atoms with Crippen LogP contribution in [0.3, 0.4) is 0 Å². The number of aliphatic hydroxyl groups is 1. The summed E-state index contributed by atoms with van der Waals surface area (Å²) in [5, 5.41) is 18.0. The number of nitrogens with zero attached hydrogens (tertiary/aromatic N) is 5. The van der Waals surface area contributed by atoms with E-state index < -0.39 is 0 Å². The predicted octanol–water partition coefficient (Wildman–Crippen LogP) is 1.86. The SMILES string of the molecule is Cc1cc(C(=O)N2CC3CN(Cc4nccs4)CC3(CO)C2)c2c(C)noc2n1. The summed E-state index contributed by atoms with van der Waals surface area (Å²) in [4.78, 5) is 26.4. The van der Waals surface area contributed by atoms with Crippen LogP contribution in [0, 0.1) is 25.2 Å². The van der Waals surface area contributed by atoms with Crippen molar-refractivity contribution in [2.24, 2.45) is 11.3 Å². The largest absolute Gasteiger partial charge is 0.396 e. The first kappa shape index (κ1) is 18.7. The molecule has 1 N–H and O–H groups in total. The second-order valence-electron chi connectivity index (χ2n) is 8.26. The van der Waals surface area contributed by atoms with Crippen LogP contribution in [0.2, 0.25) is 0 Å². The molecule has 5 rings (SSSR count). The predicted molar refractivity (Wildman–Crippen MR) is 108 cm³/mol. The summed E-state index contributed by atoms with van der Waals surface area (Å²) in [7, 11) is 0. The zero-order valence-corrected chi connectivity index (χ0v) is 17.3. The maximum atomic E-state index is 13.4. The van der Waals surface area contributed by atoms with E-state index in [4.69, 9.17) is 4.52 Å². The van der Waals surface area contributed by atoms with Crippen molar-refractivity contribution in [1.29, 1.82) is 0 Å². The number of thiazole rings is 1. The molecule has 0 aromatic carbocycles. The lowest BCUT2D eigenvalue weighted by atomic mass is 9.82. The van der Waals surface area contributed by atoms with Crippen LogP contribution in [0.4, 0.5) is 0 Å². The van der Waals surface area contributed by atoms with Crippen LogP contribution in [-0.4, -0.2) is 68.7 Å². The van der Waals surface area contributed by atoms with Gasteiger partial charge in [0.25, 0.3) is 11.6 Å². The van der Waals surface area contributed by atoms with Crippen molar-refractivity contribution < 1.29 is 14.4 Å². The molecule has 29 heavy (non-hydrogen) atoms. The molecule has 3 aromatic heterocycles. The number of amides is 1. The third-order valence-electron chi connectivity index (χ3n) is 6.25. The topological polar surface area (TPSA) is 95.6 Å². The first-order valence-electron chi connectivity index (χ1n) is 9.73. The average molecular weight is 414 g/mol. The van der Waals surface area contributed by atoms with Crippen LogP contribution in [0.15, 0.2) is 22.2 Å². The smallest absolute Gasteiger partial charge is 0.258 e. The van der Waals surface area contributed by atoms with E-state index in [9.17, 15) is 9.90 Å². The van der Waals surface area contributed by atoms with Crippen molar-refractivity contribution in [3.63, 3.8) is 0 Å². The Labute approximate surface area is 172 Å². The molecule has 9 heteroatoms. The summed E-state index contributed by atoms with van der Waals surface area (Å²) in [6.45, 7) is 7.37. The molecule has 0 radical (unpaired) electrons. The Morgan fingerprint density at radius 1 is 1.38 bits per heavy atom. The quantitative estimate of drug-likeness (QED) is 0.697. The monoisotopic (exact) mass is 413 g/mol. The zero-order valence-electron chi connectivity index (χ0n) is 16.5. The van der Waals surface area contributed by atoms with Crippen LogP contribution in [0.25, 0.3) is 11.1 Å². The highest BCUT2D eigenvalue weighted by Gasteiger charge is 2.53. The van der Waals surface area contributed by atoms with E-state index in [1.807, 2.05) is 36.4 Å². The number of rotatable bonds is 4. The summed E-state index contributed by atoms with van der Waals surface area (Å²) in [6.07, 6.45) is 1.82. The van der Waals surface area contributed by atoms with Gasteiger partial charge in [0.2, 0.25) is 0 Å². The van der Waals surface area contributed by atoms with Gasteiger partial charge in [-0.15, -0.1) is 11.3 Å². The minimum atomic E-state index is -0.280. The van der Waals surface area contributed by atoms with E-state index >= 15 is 0 Å². The Hall–Kier alpha value is -2.36. The Bertz CT molecular complexity index is 1070. The van der Waals surface area contributed by atoms with Crippen molar-refractivity contribution in [1.82, 2.24) is 24.9 Å². The van der Waals surface area contributed by atoms with Crippen LogP contribution in [0.5, 0.6) is 0 Å². The zero-order chi connectivity index (χ0) is 20.2. The van der Waals surface area contributed by atoms with E-state index in [0.29, 0.717) is 35.4 Å². The average Bonchev–Trinajstić information content (AvgIpc) is 3.45. The number of hydrogen-bond acceptors (Lipinski definition) is 8. The second-order valence-corrected chi connectivity index (χ2v) is 9.24. The summed E-state index contributed by atoms with van der Waals surface area (Å²) >= 11 is 1.65. The molecule has 2 saturated heterocycles. The van der Waals surface area contributed by atoms with E-state index in [1.165, 1.54) is 0 Å². The second kappa shape index (κ2) is 6.86. The molecule has 2 aliphatic heterocycles. The van der Waals surface area contributed by atoms with Crippen molar-refractivity contribution in [2.45, 2.75) is 20.4 Å². The lowest BCUT2D eigenvalue weighted by Crippen LogP contribution is -2.39. The molecule has 2 atom stereocenters. The normalized spacial score (nSPS) is 24.5. The van der Waals surface area contributed by atoms with Crippen LogP contribution in [-0.2, 0) is 6.54 Å². The fourth-order valence-corrected chi connectivity index (χ4v) is 5.53. The van der Waals surface area contributed by atoms with Crippen molar-refractivity contribution in [3.8, 4) is 0 Å². The van der Waals surface area contributed by atoms with Crippen molar-refractivity contribution >= 4 is 28.3 Å². The van der Waals surface area contributed by atoms with Crippen molar-refractivity contribution in [3.05, 3.63) is 39.6 Å². The molecule has 0 saturated carbocycles. The first-order valence-corrected chi connectivity index (χ1v) is 10.6. The summed E-state index contributed by atoms with van der Waals surface area (Å²) < 4.78 is 5.28. The van der Waals surface area contributed by atoms with Crippen LogP contribution in [0.1, 0.15) is 26.8 Å². The van der Waals surface area contributed by atoms with Crippen LogP contribution < -0.4 is 0 Å². The van der Waals surface area contributed by atoms with Gasteiger partial charge < -0.3 is 14.5 Å². The minimum Gasteiger partial charge on any atom is -0.396 e. The maximum absolute atomic E-state index is 13.4. The van der Waals surface area contributed by atoms with Gasteiger partial charge >= 0.3 is 0 Å². The number of fused-ring (bicyclic) bond motifs is 2. The van der Waals surface area contributed by atoms with E-state index in [0.717, 1.165) is 30.3 Å². The molecule has 5 heterocycles. The van der Waals surface area contributed by atoms with E-state index in [2.05, 4.69) is 20.0 Å². The number of carbonyl (C=O) groups excluding carboxylic acids is 1. The molecular weight excluding hydrogens is 390 g/mol. The molecule has 1 amide bonds. The van der Waals surface area contributed by atoms with Crippen molar-refractivity contribution in [2.75, 3.05) is 32.8 Å². The summed E-state index contributed by atoms with van der Waals surface area (Å²) in [5.74, 6) is 0.207. The highest BCUT2D eigenvalue weighted by Crippen LogP contribution is 2.43. The fraction of sp³-hybridized carbons (Fsp3) is 0.500. The third kappa shape index (κ3) is 3.04. The Kier molecular flexibility index (Phi) is 4.41. The number of aliphatic hydroxyl groups excluding tert-OH is 1. The standard InChI is InChI=1S/C20H23N5O3S/c1-12-5-15(17-13(2)23-28-18(17)22-12)19(27)25-7-14-6-24(8-16-21-3-4-29-16)9-20(14,10-25)11-26/h3-5,14,26H,6-11H2,1-2H3. The highest BCUT2D eigenvalue weighted by atomic mass is 32.1. The number of likely N-dealkylation sites (tertiary alicyclic amines) is 2. The number of aryl methyl sites for hydroxylation is 2. The first-order chi connectivity index (χ1) is 14.0. The molecule has 2 unspecified atom stereocenters. The molecule has 2 fully saturated rings. The molecule has 152 valence electrons. The number of carbonyl (C=O) groups is 1. The molecule has 0 spiro atoms. The Morgan fingerprint density at radius 2 is 2.24 bits per heavy atom. The van der Waals surface area contributed by atoms with Gasteiger partial charge in [0.05, 0.1) is 29.8 Å². The molecule has 0 aliphatic carbocycles. The fourth-order valence-electron chi connectivity index (χ4n) is 4.87. The van der Waals surface area contributed by atoms with Crippen LogP contribution >= 0.6 is 11.3 Å². The van der Waals surface area contributed by atoms with Gasteiger partial charge in [-0.05, 0) is 25.8 Å². The Balaban J connectivity index is 1.39. The molecule has 3 aromatic rings. The van der Waals surface area contributed by atoms with E-state index in [1.54, 1.807) is 11.3 Å². The van der Waals surface area contributed by atoms with Gasteiger partial charge in [-0.1, -0.05) is 5.16 Å². The number of pyridine rings is 1. The molecule has 0 bridgehead atoms. The number of hydrogen-bond donors (Lipinski definition) is 1. The summed E-state index contributed by atoms with van der Waals surface area (Å²) in [5.41, 5.74) is 2.10. The highest BCUT2D eigenvalue weighted by molar-refractivity contribution is 7.09. The molecule has 8 nitrogen and oxygen atoms in total. The van der Waals surface area contributed by atoms with Gasteiger partial charge in [0, 0.05) is 48.9 Å². The Morgan fingerprint density at radius 3 is 2.97 bits per heavy atom. The van der Waals surface area contributed by atoms with Gasteiger partial charge in [-0.3, -0.25) is 9.69 Å². The van der Waals surface area contributed by atoms with Gasteiger partial charge in [0.15, 0.2) is 0 Å². The maximum Gasteiger partial charge on any atom is 0.258 e.